The third kappa shape index (κ3) is 2.47. The number of fused-ring (bicyclic) bond motifs is 5. The smallest absolute Gasteiger partial charge is 0.306 e. The molecule has 4 aliphatic rings. The number of Topliss-reactive ketones (excluding diaryl/α,β-unsaturated/α-hetero) is 1. The highest BCUT2D eigenvalue weighted by atomic mass is 16.4. The van der Waals surface area contributed by atoms with Crippen molar-refractivity contribution in [3.05, 3.63) is 0 Å². The molecule has 29 heavy (non-hydrogen) atoms. The van der Waals surface area contributed by atoms with Crippen molar-refractivity contribution >= 4 is 18.0 Å². The minimum Gasteiger partial charge on any atom is -0.481 e. The Hall–Kier alpha value is -1.19. The van der Waals surface area contributed by atoms with E-state index in [9.17, 15) is 19.5 Å². The summed E-state index contributed by atoms with van der Waals surface area (Å²) in [5, 5.41) is 9.70. The van der Waals surface area contributed by atoms with Crippen LogP contribution in [-0.4, -0.2) is 23.1 Å². The van der Waals surface area contributed by atoms with E-state index in [1.165, 1.54) is 0 Å². The highest BCUT2D eigenvalue weighted by molar-refractivity contribution is 5.99. The van der Waals surface area contributed by atoms with Gasteiger partial charge in [-0.05, 0) is 91.8 Å². The fourth-order valence-electron chi connectivity index (χ4n) is 9.22. The molecule has 0 amide bonds. The van der Waals surface area contributed by atoms with Crippen molar-refractivity contribution in [2.45, 2.75) is 86.0 Å². The lowest BCUT2D eigenvalue weighted by molar-refractivity contribution is -0.185. The van der Waals surface area contributed by atoms with Crippen LogP contribution in [0, 0.1) is 51.2 Å². The minimum absolute atomic E-state index is 0.0350. The molecule has 0 radical (unpaired) electrons. The second-order valence-corrected chi connectivity index (χ2v) is 11.8. The third-order valence-corrected chi connectivity index (χ3v) is 11.2. The van der Waals surface area contributed by atoms with Crippen molar-refractivity contribution in [1.82, 2.24) is 0 Å². The second kappa shape index (κ2) is 6.40. The van der Waals surface area contributed by atoms with Crippen molar-refractivity contribution in [2.24, 2.45) is 51.2 Å². The zero-order chi connectivity index (χ0) is 21.4. The highest BCUT2D eigenvalue weighted by Gasteiger charge is 2.68. The summed E-state index contributed by atoms with van der Waals surface area (Å²) in [6, 6.07) is 0. The largest absolute Gasteiger partial charge is 0.481 e. The molecule has 1 N–H and O–H groups in total. The van der Waals surface area contributed by atoms with Gasteiger partial charge in [0.25, 0.3) is 0 Å². The summed E-state index contributed by atoms with van der Waals surface area (Å²) in [6.45, 7) is 11.0. The van der Waals surface area contributed by atoms with Gasteiger partial charge in [-0.1, -0.05) is 27.7 Å². The van der Waals surface area contributed by atoms with E-state index in [1.807, 2.05) is 13.8 Å². The van der Waals surface area contributed by atoms with Gasteiger partial charge in [0, 0.05) is 6.42 Å². The molecule has 4 rings (SSSR count). The molecule has 0 heterocycles. The highest BCUT2D eigenvalue weighted by Crippen LogP contribution is 2.74. The first-order valence-electron chi connectivity index (χ1n) is 11.7. The number of carbonyl (C=O) groups is 3. The summed E-state index contributed by atoms with van der Waals surface area (Å²) in [7, 11) is 0. The van der Waals surface area contributed by atoms with E-state index in [-0.39, 0.29) is 39.8 Å². The number of rotatable bonds is 3. The van der Waals surface area contributed by atoms with Crippen molar-refractivity contribution in [3.63, 3.8) is 0 Å². The summed E-state index contributed by atoms with van der Waals surface area (Å²) in [4.78, 5) is 36.5. The van der Waals surface area contributed by atoms with E-state index in [0.717, 1.165) is 51.2 Å². The molecule has 4 aliphatic carbocycles. The van der Waals surface area contributed by atoms with Crippen LogP contribution < -0.4 is 0 Å². The molecule has 0 aromatic heterocycles. The Morgan fingerprint density at radius 3 is 2.28 bits per heavy atom. The van der Waals surface area contributed by atoms with Gasteiger partial charge < -0.3 is 9.90 Å². The molecule has 4 saturated carbocycles. The number of ketones is 1. The first kappa shape index (κ1) is 21.1. The number of carbonyl (C=O) groups excluding carboxylic acids is 2. The monoisotopic (exact) mass is 402 g/mol. The number of aliphatic carboxylic acids is 1. The predicted molar refractivity (Wildman–Crippen MR) is 111 cm³/mol. The minimum atomic E-state index is -0.824. The quantitative estimate of drug-likeness (QED) is 0.524. The van der Waals surface area contributed by atoms with E-state index in [0.29, 0.717) is 18.3 Å². The van der Waals surface area contributed by atoms with Gasteiger partial charge in [0.2, 0.25) is 0 Å². The summed E-state index contributed by atoms with van der Waals surface area (Å²) in [5.41, 5.74) is -0.575. The average molecular weight is 403 g/mol. The Balaban J connectivity index is 1.70. The van der Waals surface area contributed by atoms with E-state index >= 15 is 0 Å². The molecule has 4 fully saturated rings. The molecule has 0 unspecified atom stereocenters. The maximum absolute atomic E-state index is 12.7. The molecular formula is C25H38O4. The van der Waals surface area contributed by atoms with E-state index in [2.05, 4.69) is 20.8 Å². The van der Waals surface area contributed by atoms with Gasteiger partial charge in [0.1, 0.15) is 12.1 Å². The summed E-state index contributed by atoms with van der Waals surface area (Å²) in [6.07, 6.45) is 8.70. The summed E-state index contributed by atoms with van der Waals surface area (Å²) < 4.78 is 0. The van der Waals surface area contributed by atoms with E-state index in [4.69, 9.17) is 0 Å². The lowest BCUT2D eigenvalue weighted by Crippen LogP contribution is -2.62. The number of carboxylic acid groups (broad SMARTS) is 1. The first-order valence-corrected chi connectivity index (χ1v) is 11.7. The molecule has 0 spiro atoms. The van der Waals surface area contributed by atoms with Crippen LogP contribution in [-0.2, 0) is 14.4 Å². The van der Waals surface area contributed by atoms with Crippen LogP contribution in [0.4, 0.5) is 0 Å². The first-order chi connectivity index (χ1) is 13.5. The van der Waals surface area contributed by atoms with Crippen LogP contribution in [0.3, 0.4) is 0 Å². The third-order valence-electron chi connectivity index (χ3n) is 11.2. The zero-order valence-corrected chi connectivity index (χ0v) is 18.8. The normalized spacial score (nSPS) is 52.8. The maximum Gasteiger partial charge on any atom is 0.306 e. The molecule has 0 aromatic carbocycles. The van der Waals surface area contributed by atoms with Crippen molar-refractivity contribution < 1.29 is 19.5 Å². The Bertz CT molecular complexity index is 745. The molecule has 4 heteroatoms. The van der Waals surface area contributed by atoms with Crippen LogP contribution in [0.1, 0.15) is 86.0 Å². The number of aldehydes is 1. The fraction of sp³-hybridized carbons (Fsp3) is 0.880. The van der Waals surface area contributed by atoms with Gasteiger partial charge in [0.05, 0.1) is 11.3 Å². The molecule has 4 nitrogen and oxygen atoms in total. The Morgan fingerprint density at radius 2 is 1.66 bits per heavy atom. The molecule has 162 valence electrons. The van der Waals surface area contributed by atoms with Gasteiger partial charge in [-0.3, -0.25) is 9.59 Å². The zero-order valence-electron chi connectivity index (χ0n) is 18.8. The SMILES string of the molecule is C[C@H](C(=O)O)[C@H]1CC[C@@]2(C)[C@@H]3CC[C@@H]4[C@](C)(CCC(=O)[C@]4(C)C=O)[C@H]3CC[C@]12C. The Morgan fingerprint density at radius 1 is 1.00 bits per heavy atom. The van der Waals surface area contributed by atoms with Gasteiger partial charge in [-0.2, -0.15) is 0 Å². The van der Waals surface area contributed by atoms with Crippen LogP contribution in [0.5, 0.6) is 0 Å². The van der Waals surface area contributed by atoms with Crippen LogP contribution in [0.2, 0.25) is 0 Å². The fourth-order valence-corrected chi connectivity index (χ4v) is 9.22. The second-order valence-electron chi connectivity index (χ2n) is 11.8. The standard InChI is InChI=1S/C25H38O4/c1-15(21(28)29)16-8-12-25(5)18-6-7-19-22(2,17(18)9-13-24(16,25)4)11-10-20(27)23(19,3)14-26/h14-19H,6-13H2,1-5H3,(H,28,29)/t15-,16+,17-,18+,19+,22+,23+,24+,25-/m0/s1. The molecule has 0 bridgehead atoms. The van der Waals surface area contributed by atoms with Crippen molar-refractivity contribution in [3.8, 4) is 0 Å². The van der Waals surface area contributed by atoms with Gasteiger partial charge >= 0.3 is 5.97 Å². The molecule has 0 aromatic rings. The van der Waals surface area contributed by atoms with Crippen LogP contribution in [0.25, 0.3) is 0 Å². The van der Waals surface area contributed by atoms with Crippen molar-refractivity contribution in [1.29, 1.82) is 0 Å². The number of carboxylic acids is 1. The Labute approximate surface area is 175 Å². The lowest BCUT2D eigenvalue weighted by Gasteiger charge is -2.66. The Kier molecular flexibility index (Phi) is 4.65. The van der Waals surface area contributed by atoms with E-state index < -0.39 is 11.4 Å². The van der Waals surface area contributed by atoms with Gasteiger partial charge in [-0.25, -0.2) is 0 Å². The molecule has 9 atom stereocenters. The lowest BCUT2D eigenvalue weighted by atomic mass is 9.38. The van der Waals surface area contributed by atoms with Crippen LogP contribution in [0.15, 0.2) is 0 Å². The number of hydrogen-bond donors (Lipinski definition) is 1. The topological polar surface area (TPSA) is 71.4 Å². The summed E-state index contributed by atoms with van der Waals surface area (Å²) >= 11 is 0. The van der Waals surface area contributed by atoms with E-state index in [1.54, 1.807) is 0 Å². The van der Waals surface area contributed by atoms with Gasteiger partial charge in [0.15, 0.2) is 0 Å². The van der Waals surface area contributed by atoms with Crippen molar-refractivity contribution in [2.75, 3.05) is 0 Å². The van der Waals surface area contributed by atoms with Crippen LogP contribution >= 0.6 is 0 Å². The predicted octanol–water partition coefficient (Wildman–Crippen LogP) is 5.14. The maximum atomic E-state index is 12.7. The van der Waals surface area contributed by atoms with Gasteiger partial charge in [-0.15, -0.1) is 0 Å². The molecule has 0 saturated heterocycles. The number of hydrogen-bond acceptors (Lipinski definition) is 3. The molecule has 0 aliphatic heterocycles. The molecular weight excluding hydrogens is 364 g/mol. The average Bonchev–Trinajstić information content (AvgIpc) is 2.96. The summed E-state index contributed by atoms with van der Waals surface area (Å²) in [5.74, 6) is 0.671.